The maximum Gasteiger partial charge on any atom is 0.268 e. The third-order valence-electron chi connectivity index (χ3n) is 5.72. The summed E-state index contributed by atoms with van der Waals surface area (Å²) in [5.41, 5.74) is 7.17. The number of hydrogen-bond donors (Lipinski definition) is 3. The molecule has 0 aliphatic carbocycles. The van der Waals surface area contributed by atoms with Crippen molar-refractivity contribution >= 4 is 33.4 Å². The van der Waals surface area contributed by atoms with Crippen LogP contribution in [0.2, 0.25) is 0 Å². The first-order chi connectivity index (χ1) is 15.3. The van der Waals surface area contributed by atoms with Gasteiger partial charge in [0.15, 0.2) is 17.4 Å². The van der Waals surface area contributed by atoms with E-state index in [-0.39, 0.29) is 22.6 Å². The van der Waals surface area contributed by atoms with Crippen molar-refractivity contribution in [3.05, 3.63) is 42.0 Å². The second-order valence-electron chi connectivity index (χ2n) is 8.09. The van der Waals surface area contributed by atoms with Crippen molar-refractivity contribution in [3.63, 3.8) is 0 Å². The van der Waals surface area contributed by atoms with E-state index in [1.807, 2.05) is 12.1 Å². The van der Waals surface area contributed by atoms with Gasteiger partial charge in [0.25, 0.3) is 5.91 Å². The minimum atomic E-state index is -0.870. The van der Waals surface area contributed by atoms with Crippen molar-refractivity contribution in [3.8, 4) is 17.1 Å². The minimum Gasteiger partial charge on any atom is -0.504 e. The number of aromatic hydroxyl groups is 1. The Morgan fingerprint density at radius 3 is 2.88 bits per heavy atom. The summed E-state index contributed by atoms with van der Waals surface area (Å²) in [5, 5.41) is 18.9. The second-order valence-corrected chi connectivity index (χ2v) is 8.09. The standard InChI is InChI=1S/C22H22FN7O2/c1-11-9-30(6-5-25-11)13-3-4-16-14(8-13)19(21(24)32)27-22(26-16)15-7-12-10-29(2)28-18(12)17(23)20(15)31/h3-4,7-8,10-11,25,31H,5-6,9H2,1-2H3,(H2,24,32). The van der Waals surface area contributed by atoms with Gasteiger partial charge in [-0.05, 0) is 31.2 Å². The molecule has 0 saturated carbocycles. The van der Waals surface area contributed by atoms with Gasteiger partial charge in [-0.15, -0.1) is 0 Å². The van der Waals surface area contributed by atoms with Crippen molar-refractivity contribution in [1.82, 2.24) is 25.1 Å². The number of benzene rings is 2. The van der Waals surface area contributed by atoms with Gasteiger partial charge in [0.2, 0.25) is 0 Å². The van der Waals surface area contributed by atoms with Gasteiger partial charge in [0, 0.05) is 55.4 Å². The summed E-state index contributed by atoms with van der Waals surface area (Å²) in [6.07, 6.45) is 1.62. The van der Waals surface area contributed by atoms with Crippen LogP contribution in [-0.4, -0.2) is 56.4 Å². The maximum absolute atomic E-state index is 14.7. The van der Waals surface area contributed by atoms with Gasteiger partial charge in [-0.2, -0.15) is 5.10 Å². The molecule has 1 unspecified atom stereocenters. The predicted molar refractivity (Wildman–Crippen MR) is 119 cm³/mol. The molecule has 1 aliphatic rings. The molecule has 5 rings (SSSR count). The number of amides is 1. The predicted octanol–water partition coefficient (Wildman–Crippen LogP) is 1.93. The number of nitrogens with zero attached hydrogens (tertiary/aromatic N) is 5. The number of fused-ring (bicyclic) bond motifs is 2. The number of carbonyl (C=O) groups is 1. The van der Waals surface area contributed by atoms with Gasteiger partial charge >= 0.3 is 0 Å². The van der Waals surface area contributed by atoms with Crippen LogP contribution in [0, 0.1) is 5.82 Å². The average molecular weight is 435 g/mol. The lowest BCUT2D eigenvalue weighted by molar-refractivity contribution is 0.0997. The van der Waals surface area contributed by atoms with Gasteiger partial charge in [0.05, 0.1) is 11.1 Å². The van der Waals surface area contributed by atoms with E-state index in [9.17, 15) is 14.3 Å². The molecule has 1 amide bonds. The largest absolute Gasteiger partial charge is 0.504 e. The molecule has 1 saturated heterocycles. The Bertz CT molecular complexity index is 1380. The average Bonchev–Trinajstić information content (AvgIpc) is 3.15. The molecule has 0 spiro atoms. The number of hydrogen-bond acceptors (Lipinski definition) is 7. The van der Waals surface area contributed by atoms with Crippen molar-refractivity contribution in [2.45, 2.75) is 13.0 Å². The number of nitrogens with one attached hydrogen (secondary N) is 1. The van der Waals surface area contributed by atoms with Gasteiger partial charge in [-0.3, -0.25) is 9.48 Å². The Morgan fingerprint density at radius 2 is 2.12 bits per heavy atom. The molecule has 10 heteroatoms. The minimum absolute atomic E-state index is 0.0111. The zero-order valence-electron chi connectivity index (χ0n) is 17.6. The van der Waals surface area contributed by atoms with Crippen molar-refractivity contribution in [2.75, 3.05) is 24.5 Å². The number of piperazine rings is 1. The molecular formula is C22H22FN7O2. The van der Waals surface area contributed by atoms with Gasteiger partial charge in [-0.25, -0.2) is 14.4 Å². The maximum atomic E-state index is 14.7. The molecule has 1 atom stereocenters. The van der Waals surface area contributed by atoms with Crippen LogP contribution in [-0.2, 0) is 7.05 Å². The SMILES string of the molecule is CC1CN(c2ccc3nc(-c4cc5cn(C)nc5c(F)c4O)nc(C(N)=O)c3c2)CCN1. The molecule has 2 aromatic heterocycles. The number of halogens is 1. The number of carbonyl (C=O) groups excluding carboxylic acids is 1. The molecule has 3 heterocycles. The Labute approximate surface area is 182 Å². The number of anilines is 1. The Morgan fingerprint density at radius 1 is 1.31 bits per heavy atom. The van der Waals surface area contributed by atoms with Crippen LogP contribution in [0.15, 0.2) is 30.5 Å². The monoisotopic (exact) mass is 435 g/mol. The van der Waals surface area contributed by atoms with Crippen molar-refractivity contribution < 1.29 is 14.3 Å². The number of rotatable bonds is 3. The number of aromatic nitrogens is 4. The normalized spacial score (nSPS) is 16.7. The Balaban J connectivity index is 1.67. The lowest BCUT2D eigenvalue weighted by Gasteiger charge is -2.33. The van der Waals surface area contributed by atoms with Crippen LogP contribution in [0.25, 0.3) is 33.2 Å². The van der Waals surface area contributed by atoms with Gasteiger partial charge < -0.3 is 21.1 Å². The second kappa shape index (κ2) is 7.41. The summed E-state index contributed by atoms with van der Waals surface area (Å²) in [7, 11) is 1.66. The highest BCUT2D eigenvalue weighted by Gasteiger charge is 2.22. The lowest BCUT2D eigenvalue weighted by Crippen LogP contribution is -2.49. The highest BCUT2D eigenvalue weighted by Crippen LogP contribution is 2.36. The number of nitrogens with two attached hydrogens (primary N) is 1. The summed E-state index contributed by atoms with van der Waals surface area (Å²) in [6.45, 7) is 4.63. The molecule has 4 aromatic rings. The highest BCUT2D eigenvalue weighted by atomic mass is 19.1. The van der Waals surface area contributed by atoms with Crippen LogP contribution in [0.1, 0.15) is 17.4 Å². The summed E-state index contributed by atoms with van der Waals surface area (Å²) in [4.78, 5) is 23.3. The van der Waals surface area contributed by atoms with Crippen LogP contribution in [0.3, 0.4) is 0 Å². The van der Waals surface area contributed by atoms with Crippen LogP contribution in [0.4, 0.5) is 10.1 Å². The Hall–Kier alpha value is -3.79. The quantitative estimate of drug-likeness (QED) is 0.449. The fourth-order valence-corrected chi connectivity index (χ4v) is 4.20. The van der Waals surface area contributed by atoms with Crippen LogP contribution < -0.4 is 16.0 Å². The van der Waals surface area contributed by atoms with E-state index in [1.54, 1.807) is 25.4 Å². The first-order valence-electron chi connectivity index (χ1n) is 10.3. The summed E-state index contributed by atoms with van der Waals surface area (Å²) >= 11 is 0. The molecule has 2 aromatic carbocycles. The van der Waals surface area contributed by atoms with E-state index in [1.165, 1.54) is 4.68 Å². The van der Waals surface area contributed by atoms with E-state index in [0.29, 0.717) is 22.3 Å². The van der Waals surface area contributed by atoms with Gasteiger partial charge in [0.1, 0.15) is 11.2 Å². The topological polar surface area (TPSA) is 122 Å². The first kappa shape index (κ1) is 20.1. The van der Waals surface area contributed by atoms with E-state index in [4.69, 9.17) is 5.73 Å². The van der Waals surface area contributed by atoms with E-state index >= 15 is 0 Å². The number of primary amides is 1. The molecule has 0 radical (unpaired) electrons. The van der Waals surface area contributed by atoms with Crippen molar-refractivity contribution in [2.24, 2.45) is 12.8 Å². The first-order valence-corrected chi connectivity index (χ1v) is 10.3. The third-order valence-corrected chi connectivity index (χ3v) is 5.72. The van der Waals surface area contributed by atoms with Crippen molar-refractivity contribution in [1.29, 1.82) is 0 Å². The lowest BCUT2D eigenvalue weighted by atomic mass is 10.1. The smallest absolute Gasteiger partial charge is 0.268 e. The molecular weight excluding hydrogens is 413 g/mol. The summed E-state index contributed by atoms with van der Waals surface area (Å²) in [6, 6.07) is 7.44. The number of phenols is 1. The highest BCUT2D eigenvalue weighted by molar-refractivity contribution is 6.05. The van der Waals surface area contributed by atoms with E-state index < -0.39 is 17.5 Å². The van der Waals surface area contributed by atoms with Crippen LogP contribution >= 0.6 is 0 Å². The van der Waals surface area contributed by atoms with Gasteiger partial charge in [-0.1, -0.05) is 0 Å². The molecule has 0 bridgehead atoms. The molecule has 9 nitrogen and oxygen atoms in total. The molecule has 1 aliphatic heterocycles. The summed E-state index contributed by atoms with van der Waals surface area (Å²) < 4.78 is 16.2. The molecule has 4 N–H and O–H groups in total. The summed E-state index contributed by atoms with van der Waals surface area (Å²) in [5.74, 6) is -2.22. The molecule has 32 heavy (non-hydrogen) atoms. The fraction of sp³-hybridized carbons (Fsp3) is 0.273. The Kier molecular flexibility index (Phi) is 4.66. The van der Waals surface area contributed by atoms with E-state index in [2.05, 4.69) is 32.2 Å². The zero-order valence-corrected chi connectivity index (χ0v) is 17.6. The zero-order chi connectivity index (χ0) is 22.6. The van der Waals surface area contributed by atoms with Crippen LogP contribution in [0.5, 0.6) is 5.75 Å². The third kappa shape index (κ3) is 3.28. The van der Waals surface area contributed by atoms with E-state index in [0.717, 1.165) is 25.3 Å². The molecule has 1 fully saturated rings. The fourth-order valence-electron chi connectivity index (χ4n) is 4.20. The molecule has 164 valence electrons. The number of aryl methyl sites for hydroxylation is 1. The number of phenolic OH excluding ortho intramolecular Hbond substituents is 1.